The van der Waals surface area contributed by atoms with Gasteiger partial charge in [-0.25, -0.2) is 0 Å². The van der Waals surface area contributed by atoms with Gasteiger partial charge in [-0.1, -0.05) is 190 Å². The molecular weight excluding hydrogens is 787 g/mol. The summed E-state index contributed by atoms with van der Waals surface area (Å²) in [5.74, 6) is 0. The van der Waals surface area contributed by atoms with Crippen molar-refractivity contribution in [2.24, 2.45) is 0 Å². The molecule has 1 unspecified atom stereocenters. The third-order valence-electron chi connectivity index (χ3n) is 14.7. The minimum Gasteiger partial charge on any atom is -0.455 e. The molecule has 2 aliphatic rings. The maximum absolute atomic E-state index is 6.77. The molecule has 0 aliphatic heterocycles. The molecule has 0 N–H and O–H groups in total. The molecule has 1 heterocycles. The zero-order valence-electron chi connectivity index (χ0n) is 36.6. The normalized spacial score (nSPS) is 15.5. The number of anilines is 3. The predicted octanol–water partition coefficient (Wildman–Crippen LogP) is 17.2. The highest BCUT2D eigenvalue weighted by atomic mass is 16.3. The van der Waals surface area contributed by atoms with Crippen LogP contribution in [-0.4, -0.2) is 0 Å². The average molecular weight is 832 g/mol. The van der Waals surface area contributed by atoms with Crippen LogP contribution in [-0.2, 0) is 10.8 Å². The number of benzene rings is 10. The number of para-hydroxylation sites is 1. The van der Waals surface area contributed by atoms with E-state index >= 15 is 0 Å². The lowest BCUT2D eigenvalue weighted by molar-refractivity contribution is 0.662. The van der Waals surface area contributed by atoms with Gasteiger partial charge in [0.1, 0.15) is 11.2 Å². The van der Waals surface area contributed by atoms with Crippen LogP contribution in [0, 0.1) is 0 Å². The van der Waals surface area contributed by atoms with Gasteiger partial charge in [-0.2, -0.15) is 0 Å². The fourth-order valence-corrected chi connectivity index (χ4v) is 11.7. The number of hydrogen-bond donors (Lipinski definition) is 0. The summed E-state index contributed by atoms with van der Waals surface area (Å²) in [6, 6.07) is 80.5. The monoisotopic (exact) mass is 831 g/mol. The molecule has 65 heavy (non-hydrogen) atoms. The molecule has 10 aromatic carbocycles. The van der Waals surface area contributed by atoms with E-state index in [1.807, 2.05) is 0 Å². The topological polar surface area (TPSA) is 16.4 Å². The van der Waals surface area contributed by atoms with Crippen LogP contribution < -0.4 is 4.90 Å². The van der Waals surface area contributed by atoms with E-state index < -0.39 is 0 Å². The highest BCUT2D eigenvalue weighted by molar-refractivity contribution is 6.19. The molecule has 2 heteroatoms. The lowest BCUT2D eigenvalue weighted by Crippen LogP contribution is -2.23. The molecule has 308 valence electrons. The van der Waals surface area contributed by atoms with Crippen LogP contribution in [0.4, 0.5) is 17.1 Å². The highest BCUT2D eigenvalue weighted by Crippen LogP contribution is 2.56. The third-order valence-corrected chi connectivity index (χ3v) is 14.7. The maximum Gasteiger partial charge on any atom is 0.143 e. The molecule has 0 amide bonds. The zero-order chi connectivity index (χ0) is 43.4. The lowest BCUT2D eigenvalue weighted by Gasteiger charge is -2.32. The van der Waals surface area contributed by atoms with Crippen LogP contribution in [0.2, 0.25) is 0 Å². The molecule has 0 bridgehead atoms. The third kappa shape index (κ3) is 5.41. The van der Waals surface area contributed by atoms with Crippen molar-refractivity contribution in [3.63, 3.8) is 0 Å². The Kier molecular flexibility index (Phi) is 8.12. The Morgan fingerprint density at radius 3 is 1.89 bits per heavy atom. The van der Waals surface area contributed by atoms with E-state index in [2.05, 4.69) is 244 Å². The summed E-state index contributed by atoms with van der Waals surface area (Å²) >= 11 is 0. The van der Waals surface area contributed by atoms with Gasteiger partial charge in [-0.15, -0.1) is 0 Å². The van der Waals surface area contributed by atoms with E-state index in [1.165, 1.54) is 66.6 Å². The fourth-order valence-electron chi connectivity index (χ4n) is 11.7. The van der Waals surface area contributed by atoms with Gasteiger partial charge < -0.3 is 9.32 Å². The standard InChI is InChI=1S/C63H45NO/c1-62(2)54-30-12-9-25-48(54)52-29-16-27-45(60(52)62)41-19-15-22-43(38-41)64(44-35-37-49-47-24-10-13-31-55(47)63(3,56(49)39-44)42-20-5-4-6-21-42)57-32-14-11-26-50(57)51-28-17-33-58-59(51)53-36-34-40-18-7-8-23-46(40)61(53)65-58/h4-39H,1-3H3. The Morgan fingerprint density at radius 2 is 1.03 bits per heavy atom. The molecule has 2 nitrogen and oxygen atoms in total. The summed E-state index contributed by atoms with van der Waals surface area (Å²) in [4.78, 5) is 2.49. The quantitative estimate of drug-likeness (QED) is 0.166. The van der Waals surface area contributed by atoms with Crippen molar-refractivity contribution in [1.82, 2.24) is 0 Å². The lowest BCUT2D eigenvalue weighted by atomic mass is 9.74. The summed E-state index contributed by atoms with van der Waals surface area (Å²) in [6.07, 6.45) is 0. The van der Waals surface area contributed by atoms with E-state index in [9.17, 15) is 0 Å². The van der Waals surface area contributed by atoms with E-state index in [1.54, 1.807) is 0 Å². The van der Waals surface area contributed by atoms with Gasteiger partial charge >= 0.3 is 0 Å². The SMILES string of the molecule is CC1(C)c2ccccc2-c2cccc(-c3cccc(N(c4ccc5c(c4)C(C)(c4ccccc4)c4ccccc4-5)c4ccccc4-c4cccc5oc6c7ccccc7ccc6c45)c3)c21. The number of hydrogen-bond acceptors (Lipinski definition) is 2. The number of fused-ring (bicyclic) bond motifs is 11. The van der Waals surface area contributed by atoms with Gasteiger partial charge in [0, 0.05) is 43.9 Å². The second kappa shape index (κ2) is 14.0. The molecule has 1 atom stereocenters. The Morgan fingerprint density at radius 1 is 0.400 bits per heavy atom. The summed E-state index contributed by atoms with van der Waals surface area (Å²) < 4.78 is 6.77. The molecular formula is C63H45NO. The number of rotatable bonds is 6. The fraction of sp³-hybridized carbons (Fsp3) is 0.0794. The molecule has 0 saturated carbocycles. The molecule has 13 rings (SSSR count). The number of nitrogens with zero attached hydrogens (tertiary/aromatic N) is 1. The summed E-state index contributed by atoms with van der Waals surface area (Å²) in [6.45, 7) is 7.16. The minimum absolute atomic E-state index is 0.154. The van der Waals surface area contributed by atoms with Gasteiger partial charge in [-0.05, 0) is 122 Å². The zero-order valence-corrected chi connectivity index (χ0v) is 36.6. The van der Waals surface area contributed by atoms with Crippen molar-refractivity contribution in [1.29, 1.82) is 0 Å². The Hall–Kier alpha value is -7.94. The highest BCUT2D eigenvalue weighted by Gasteiger charge is 2.41. The van der Waals surface area contributed by atoms with E-state index in [-0.39, 0.29) is 10.8 Å². The smallest absolute Gasteiger partial charge is 0.143 e. The second-order valence-corrected chi connectivity index (χ2v) is 18.5. The average Bonchev–Trinajstić information content (AvgIpc) is 3.96. The van der Waals surface area contributed by atoms with Crippen LogP contribution in [0.1, 0.15) is 48.6 Å². The first-order valence-corrected chi connectivity index (χ1v) is 22.8. The summed E-state index contributed by atoms with van der Waals surface area (Å²) in [5.41, 5.74) is 21.2. The molecule has 0 fully saturated rings. The maximum atomic E-state index is 6.77. The molecule has 0 saturated heterocycles. The van der Waals surface area contributed by atoms with Crippen LogP contribution in [0.15, 0.2) is 223 Å². The predicted molar refractivity (Wildman–Crippen MR) is 272 cm³/mol. The first-order chi connectivity index (χ1) is 31.9. The van der Waals surface area contributed by atoms with Crippen molar-refractivity contribution in [3.8, 4) is 44.5 Å². The van der Waals surface area contributed by atoms with Crippen molar-refractivity contribution >= 4 is 49.8 Å². The van der Waals surface area contributed by atoms with Gasteiger partial charge in [0.05, 0.1) is 5.69 Å². The first-order valence-electron chi connectivity index (χ1n) is 22.8. The summed E-state index contributed by atoms with van der Waals surface area (Å²) in [5, 5.41) is 4.54. The van der Waals surface area contributed by atoms with Crippen molar-refractivity contribution < 1.29 is 4.42 Å². The minimum atomic E-state index is -0.356. The molecule has 0 spiro atoms. The number of furan rings is 1. The van der Waals surface area contributed by atoms with E-state index in [4.69, 9.17) is 4.42 Å². The van der Waals surface area contributed by atoms with Crippen molar-refractivity contribution in [2.45, 2.75) is 31.6 Å². The van der Waals surface area contributed by atoms with Gasteiger partial charge in [0.2, 0.25) is 0 Å². The molecule has 1 aromatic heterocycles. The molecule has 11 aromatic rings. The molecule has 0 radical (unpaired) electrons. The second-order valence-electron chi connectivity index (χ2n) is 18.5. The van der Waals surface area contributed by atoms with Gasteiger partial charge in [0.25, 0.3) is 0 Å². The molecule has 2 aliphatic carbocycles. The Balaban J connectivity index is 1.06. The van der Waals surface area contributed by atoms with Crippen molar-refractivity contribution in [2.75, 3.05) is 4.90 Å². The van der Waals surface area contributed by atoms with Crippen molar-refractivity contribution in [3.05, 3.63) is 246 Å². The van der Waals surface area contributed by atoms with E-state index in [0.717, 1.165) is 55.5 Å². The van der Waals surface area contributed by atoms with Crippen LogP contribution in [0.25, 0.3) is 77.2 Å². The van der Waals surface area contributed by atoms with Crippen LogP contribution in [0.5, 0.6) is 0 Å². The van der Waals surface area contributed by atoms with Gasteiger partial charge in [-0.3, -0.25) is 0 Å². The van der Waals surface area contributed by atoms with Gasteiger partial charge in [0.15, 0.2) is 0 Å². The van der Waals surface area contributed by atoms with Crippen LogP contribution >= 0.6 is 0 Å². The van der Waals surface area contributed by atoms with E-state index in [0.29, 0.717) is 0 Å². The largest absolute Gasteiger partial charge is 0.455 e. The summed E-state index contributed by atoms with van der Waals surface area (Å²) in [7, 11) is 0. The van der Waals surface area contributed by atoms with Crippen LogP contribution in [0.3, 0.4) is 0 Å². The Bertz CT molecular complexity index is 3720. The first kappa shape index (κ1) is 37.6. The Labute approximate surface area is 379 Å².